The molecule has 5 heteroatoms. The molecule has 4 nitrogen and oxygen atoms in total. The summed E-state index contributed by atoms with van der Waals surface area (Å²) in [5.74, 6) is 1.26. The van der Waals surface area contributed by atoms with Gasteiger partial charge in [-0.1, -0.05) is 26.0 Å². The van der Waals surface area contributed by atoms with Gasteiger partial charge in [0.1, 0.15) is 5.75 Å². The number of amides is 1. The zero-order valence-corrected chi connectivity index (χ0v) is 14.5. The first-order chi connectivity index (χ1) is 9.97. The van der Waals surface area contributed by atoms with Gasteiger partial charge in [-0.2, -0.15) is 0 Å². The number of benzene rings is 1. The Morgan fingerprint density at radius 1 is 1.36 bits per heavy atom. The van der Waals surface area contributed by atoms with Crippen LogP contribution in [-0.2, 0) is 4.79 Å². The zero-order valence-electron chi connectivity index (χ0n) is 13.7. The lowest BCUT2D eigenvalue weighted by Gasteiger charge is -2.30. The van der Waals surface area contributed by atoms with Gasteiger partial charge in [0, 0.05) is 19.1 Å². The number of hydrogen-bond donors (Lipinski definition) is 1. The van der Waals surface area contributed by atoms with E-state index < -0.39 is 0 Å². The number of nitrogens with zero attached hydrogens (tertiary/aromatic N) is 1. The molecule has 1 aromatic rings. The highest BCUT2D eigenvalue weighted by Crippen LogP contribution is 2.27. The number of nitrogens with two attached hydrogens (primary N) is 1. The van der Waals surface area contributed by atoms with E-state index in [4.69, 9.17) is 10.5 Å². The molecule has 1 aromatic carbocycles. The van der Waals surface area contributed by atoms with Crippen LogP contribution in [0.25, 0.3) is 0 Å². The Morgan fingerprint density at radius 2 is 2.00 bits per heavy atom. The van der Waals surface area contributed by atoms with Crippen molar-refractivity contribution < 1.29 is 9.53 Å². The van der Waals surface area contributed by atoms with E-state index in [2.05, 4.69) is 26.0 Å². The number of piperidine rings is 1. The third-order valence-electron chi connectivity index (χ3n) is 4.03. The quantitative estimate of drug-likeness (QED) is 0.925. The first-order valence-corrected chi connectivity index (χ1v) is 7.74. The molecule has 0 radical (unpaired) electrons. The minimum Gasteiger partial charge on any atom is -0.483 e. The average molecular weight is 327 g/mol. The molecule has 0 atom stereocenters. The van der Waals surface area contributed by atoms with Crippen LogP contribution in [0.4, 0.5) is 0 Å². The highest BCUT2D eigenvalue weighted by molar-refractivity contribution is 5.85. The fourth-order valence-electron chi connectivity index (χ4n) is 2.62. The molecule has 124 valence electrons. The van der Waals surface area contributed by atoms with Crippen LogP contribution in [0.15, 0.2) is 18.2 Å². The molecule has 1 fully saturated rings. The average Bonchev–Trinajstić information content (AvgIpc) is 2.45. The molecule has 0 unspecified atom stereocenters. The van der Waals surface area contributed by atoms with E-state index in [-0.39, 0.29) is 31.0 Å². The van der Waals surface area contributed by atoms with Gasteiger partial charge in [0.25, 0.3) is 5.91 Å². The number of carbonyl (C=O) groups excluding carboxylic acids is 1. The van der Waals surface area contributed by atoms with Gasteiger partial charge in [-0.15, -0.1) is 12.4 Å². The summed E-state index contributed by atoms with van der Waals surface area (Å²) >= 11 is 0. The molecule has 1 aliphatic heterocycles. The van der Waals surface area contributed by atoms with Gasteiger partial charge in [0.2, 0.25) is 0 Å². The molecule has 0 bridgehead atoms. The Balaban J connectivity index is 0.00000242. The highest BCUT2D eigenvalue weighted by Gasteiger charge is 2.21. The zero-order chi connectivity index (χ0) is 15.4. The van der Waals surface area contributed by atoms with Crippen LogP contribution in [0.1, 0.15) is 43.7 Å². The van der Waals surface area contributed by atoms with Crippen molar-refractivity contribution in [2.45, 2.75) is 45.6 Å². The van der Waals surface area contributed by atoms with Gasteiger partial charge in [-0.3, -0.25) is 4.79 Å². The number of carbonyl (C=O) groups is 1. The maximum absolute atomic E-state index is 12.2. The molecule has 0 saturated carbocycles. The Bertz CT molecular complexity index is 497. The Labute approximate surface area is 139 Å². The molecule has 1 saturated heterocycles. The van der Waals surface area contributed by atoms with Crippen LogP contribution in [-0.4, -0.2) is 36.5 Å². The smallest absolute Gasteiger partial charge is 0.260 e. The van der Waals surface area contributed by atoms with Crippen molar-refractivity contribution in [2.75, 3.05) is 19.7 Å². The van der Waals surface area contributed by atoms with E-state index >= 15 is 0 Å². The predicted molar refractivity (Wildman–Crippen MR) is 91.8 cm³/mol. The van der Waals surface area contributed by atoms with Crippen LogP contribution in [0.2, 0.25) is 0 Å². The molecule has 1 heterocycles. The predicted octanol–water partition coefficient (Wildman–Crippen LogP) is 2.87. The molecular formula is C17H27ClN2O2. The second kappa shape index (κ2) is 8.39. The van der Waals surface area contributed by atoms with Gasteiger partial charge >= 0.3 is 0 Å². The molecule has 0 aliphatic carbocycles. The molecule has 22 heavy (non-hydrogen) atoms. The van der Waals surface area contributed by atoms with Gasteiger partial charge in [0.15, 0.2) is 6.61 Å². The third kappa shape index (κ3) is 4.89. The van der Waals surface area contributed by atoms with Gasteiger partial charge in [0.05, 0.1) is 0 Å². The van der Waals surface area contributed by atoms with Crippen LogP contribution in [0, 0.1) is 6.92 Å². The van der Waals surface area contributed by atoms with Crippen LogP contribution in [0.3, 0.4) is 0 Å². The Hall–Kier alpha value is -1.26. The van der Waals surface area contributed by atoms with E-state index in [0.29, 0.717) is 5.92 Å². The summed E-state index contributed by atoms with van der Waals surface area (Å²) in [5, 5.41) is 0. The summed E-state index contributed by atoms with van der Waals surface area (Å²) in [6.07, 6.45) is 1.76. The molecular weight excluding hydrogens is 300 g/mol. The van der Waals surface area contributed by atoms with Crippen LogP contribution in [0.5, 0.6) is 5.75 Å². The first kappa shape index (κ1) is 18.8. The maximum Gasteiger partial charge on any atom is 0.260 e. The van der Waals surface area contributed by atoms with Gasteiger partial charge in [-0.05, 0) is 42.9 Å². The lowest BCUT2D eigenvalue weighted by atomic mass is 10.0. The second-order valence-corrected chi connectivity index (χ2v) is 6.20. The number of aryl methyl sites for hydroxylation is 1. The van der Waals surface area contributed by atoms with Crippen molar-refractivity contribution in [2.24, 2.45) is 5.73 Å². The van der Waals surface area contributed by atoms with E-state index in [1.807, 2.05) is 17.9 Å². The minimum absolute atomic E-state index is 0. The summed E-state index contributed by atoms with van der Waals surface area (Å²) in [6.45, 7) is 7.89. The number of halogens is 1. The summed E-state index contributed by atoms with van der Waals surface area (Å²) < 4.78 is 5.80. The summed E-state index contributed by atoms with van der Waals surface area (Å²) in [4.78, 5) is 14.1. The Morgan fingerprint density at radius 3 is 2.59 bits per heavy atom. The van der Waals surface area contributed by atoms with E-state index in [9.17, 15) is 4.79 Å². The molecule has 2 rings (SSSR count). The molecule has 0 spiro atoms. The van der Waals surface area contributed by atoms with Crippen molar-refractivity contribution in [1.82, 2.24) is 4.90 Å². The highest BCUT2D eigenvalue weighted by atomic mass is 35.5. The van der Waals surface area contributed by atoms with Gasteiger partial charge in [-0.25, -0.2) is 0 Å². The largest absolute Gasteiger partial charge is 0.483 e. The van der Waals surface area contributed by atoms with E-state index in [1.165, 1.54) is 0 Å². The summed E-state index contributed by atoms with van der Waals surface area (Å²) in [5.41, 5.74) is 8.15. The fraction of sp³-hybridized carbons (Fsp3) is 0.588. The number of likely N-dealkylation sites (tertiary alicyclic amines) is 1. The lowest BCUT2D eigenvalue weighted by molar-refractivity contribution is -0.134. The fourth-order valence-corrected chi connectivity index (χ4v) is 2.62. The molecule has 1 amide bonds. The number of hydrogen-bond acceptors (Lipinski definition) is 3. The van der Waals surface area contributed by atoms with Crippen molar-refractivity contribution in [3.63, 3.8) is 0 Å². The third-order valence-corrected chi connectivity index (χ3v) is 4.03. The summed E-state index contributed by atoms with van der Waals surface area (Å²) in [7, 11) is 0. The first-order valence-electron chi connectivity index (χ1n) is 7.74. The van der Waals surface area contributed by atoms with Crippen LogP contribution >= 0.6 is 12.4 Å². The normalized spacial score (nSPS) is 15.6. The second-order valence-electron chi connectivity index (χ2n) is 6.20. The summed E-state index contributed by atoms with van der Waals surface area (Å²) in [6, 6.07) is 6.41. The number of ether oxygens (including phenoxy) is 1. The van der Waals surface area contributed by atoms with Gasteiger partial charge < -0.3 is 15.4 Å². The van der Waals surface area contributed by atoms with Crippen LogP contribution < -0.4 is 10.5 Å². The molecule has 1 aliphatic rings. The van der Waals surface area contributed by atoms with E-state index in [1.54, 1.807) is 0 Å². The SMILES string of the molecule is Cc1ccc(C(C)C)c(OCC(=O)N2CCC(N)CC2)c1.Cl. The van der Waals surface area contributed by atoms with E-state index in [0.717, 1.165) is 42.8 Å². The Kier molecular flexibility index (Phi) is 7.17. The molecule has 0 aromatic heterocycles. The van der Waals surface area contributed by atoms with Crippen molar-refractivity contribution in [3.8, 4) is 5.75 Å². The maximum atomic E-state index is 12.2. The molecule has 2 N–H and O–H groups in total. The van der Waals surface area contributed by atoms with Crippen molar-refractivity contribution in [3.05, 3.63) is 29.3 Å². The topological polar surface area (TPSA) is 55.6 Å². The minimum atomic E-state index is 0. The standard InChI is InChI=1S/C17H26N2O2.ClH/c1-12(2)15-5-4-13(3)10-16(15)21-11-17(20)19-8-6-14(18)7-9-19;/h4-5,10,12,14H,6-9,11,18H2,1-3H3;1H. The number of rotatable bonds is 4. The monoisotopic (exact) mass is 326 g/mol. The van der Waals surface area contributed by atoms with Crippen molar-refractivity contribution in [1.29, 1.82) is 0 Å². The lowest BCUT2D eigenvalue weighted by Crippen LogP contribution is -2.44. The van der Waals surface area contributed by atoms with Crippen molar-refractivity contribution >= 4 is 18.3 Å².